The molecule has 0 spiro atoms. The first kappa shape index (κ1) is 32.3. The number of allylic oxidation sites excluding steroid dienone is 3. The summed E-state index contributed by atoms with van der Waals surface area (Å²) in [7, 11) is 0. The first-order chi connectivity index (χ1) is 25.5. The van der Waals surface area contributed by atoms with Gasteiger partial charge in [-0.05, 0) is 124 Å². The summed E-state index contributed by atoms with van der Waals surface area (Å²) in [6.07, 6.45) is 17.6. The highest BCUT2D eigenvalue weighted by atomic mass is 16.3. The van der Waals surface area contributed by atoms with Crippen LogP contribution in [0.2, 0.25) is 0 Å². The third kappa shape index (κ3) is 6.61. The molecule has 2 N–H and O–H groups in total. The lowest BCUT2D eigenvalue weighted by atomic mass is 9.96. The van der Waals surface area contributed by atoms with Crippen molar-refractivity contribution in [3.05, 3.63) is 101 Å². The van der Waals surface area contributed by atoms with Gasteiger partial charge in [0.15, 0.2) is 11.8 Å². The maximum absolute atomic E-state index is 5.88. The van der Waals surface area contributed by atoms with E-state index < -0.39 is 0 Å². The van der Waals surface area contributed by atoms with E-state index in [0.29, 0.717) is 18.2 Å². The third-order valence-electron chi connectivity index (χ3n) is 10.5. The number of hydrogen-bond acceptors (Lipinski definition) is 10. The summed E-state index contributed by atoms with van der Waals surface area (Å²) in [5, 5.41) is 7.18. The Balaban J connectivity index is 1.14. The highest BCUT2D eigenvalue weighted by Gasteiger charge is 2.32. The van der Waals surface area contributed by atoms with Gasteiger partial charge in [0.1, 0.15) is 18.0 Å². The number of piperidine rings is 2. The number of hydrogen-bond donors (Lipinski definition) is 2. The van der Waals surface area contributed by atoms with Crippen LogP contribution in [-0.4, -0.2) is 49.9 Å². The second-order valence-electron chi connectivity index (χ2n) is 14.5. The molecule has 9 rings (SSSR count). The minimum Gasteiger partial charge on any atom is -0.448 e. The molecule has 0 aliphatic carbocycles. The Hall–Kier alpha value is -5.64. The number of furan rings is 2. The molecule has 0 amide bonds. The van der Waals surface area contributed by atoms with Gasteiger partial charge in [-0.2, -0.15) is 0 Å². The number of rotatable bonds is 8. The number of amidine groups is 2. The van der Waals surface area contributed by atoms with Gasteiger partial charge >= 0.3 is 0 Å². The summed E-state index contributed by atoms with van der Waals surface area (Å²) in [6.45, 7) is 8.32. The highest BCUT2D eigenvalue weighted by Crippen LogP contribution is 2.39. The van der Waals surface area contributed by atoms with Crippen molar-refractivity contribution < 1.29 is 8.83 Å². The zero-order valence-electron chi connectivity index (χ0n) is 29.9. The molecule has 10 heteroatoms. The molecule has 0 saturated carbocycles. The average molecular weight is 693 g/mol. The van der Waals surface area contributed by atoms with Crippen LogP contribution in [0.1, 0.15) is 67.2 Å². The van der Waals surface area contributed by atoms with E-state index in [2.05, 4.69) is 69.0 Å². The third-order valence-corrected chi connectivity index (χ3v) is 10.5. The van der Waals surface area contributed by atoms with E-state index in [4.69, 9.17) is 28.8 Å². The Labute approximate surface area is 304 Å². The van der Waals surface area contributed by atoms with Crippen LogP contribution in [-0.2, 0) is 0 Å². The predicted octanol–water partition coefficient (Wildman–Crippen LogP) is 9.59. The van der Waals surface area contributed by atoms with E-state index in [1.165, 1.54) is 49.9 Å². The fraction of sp³-hybridized carbons (Fsp3) is 0.333. The van der Waals surface area contributed by atoms with Crippen LogP contribution in [0.3, 0.4) is 0 Å². The van der Waals surface area contributed by atoms with E-state index >= 15 is 0 Å². The van der Waals surface area contributed by atoms with Crippen molar-refractivity contribution in [2.45, 2.75) is 58.8 Å². The molecule has 2 aromatic heterocycles. The molecule has 264 valence electrons. The SMILES string of the molecule is Cc1coc(Nc2cc(N3CCCCC3)ccc2C2=CC3=CC(c4ccc(N5CCCCC5)cc4Nc4cc(C)co4)=NC4=NC=NC(=N2)C4C3)c1. The van der Waals surface area contributed by atoms with Gasteiger partial charge in [0, 0.05) is 60.8 Å². The quantitative estimate of drug-likeness (QED) is 0.191. The molecule has 0 radical (unpaired) electrons. The van der Waals surface area contributed by atoms with Gasteiger partial charge in [-0.3, -0.25) is 0 Å². The minimum atomic E-state index is -0.156. The van der Waals surface area contributed by atoms with Crippen LogP contribution in [0, 0.1) is 19.8 Å². The Morgan fingerprint density at radius 1 is 0.654 bits per heavy atom. The molecule has 5 aliphatic rings. The number of nitrogens with zero attached hydrogens (tertiary/aromatic N) is 6. The first-order valence-corrected chi connectivity index (χ1v) is 18.7. The summed E-state index contributed by atoms with van der Waals surface area (Å²) in [4.78, 5) is 24.8. The number of aryl methyl sites for hydroxylation is 2. The Kier molecular flexibility index (Phi) is 8.58. The number of benzene rings is 2. The van der Waals surface area contributed by atoms with E-state index in [0.717, 1.165) is 88.5 Å². The molecule has 10 nitrogen and oxygen atoms in total. The van der Waals surface area contributed by atoms with E-state index in [-0.39, 0.29) is 5.92 Å². The minimum absolute atomic E-state index is 0.156. The number of nitrogens with one attached hydrogen (secondary N) is 2. The van der Waals surface area contributed by atoms with Crippen molar-refractivity contribution in [1.82, 2.24) is 0 Å². The van der Waals surface area contributed by atoms with Gasteiger partial charge in [-0.15, -0.1) is 0 Å². The highest BCUT2D eigenvalue weighted by molar-refractivity contribution is 6.24. The molecule has 52 heavy (non-hydrogen) atoms. The molecule has 7 heterocycles. The second kappa shape index (κ2) is 13.8. The number of fused-ring (bicyclic) bond motifs is 1. The van der Waals surface area contributed by atoms with Crippen LogP contribution >= 0.6 is 0 Å². The van der Waals surface area contributed by atoms with Crippen molar-refractivity contribution in [1.29, 1.82) is 0 Å². The van der Waals surface area contributed by atoms with Gasteiger partial charge in [0.05, 0.1) is 41.2 Å². The zero-order valence-corrected chi connectivity index (χ0v) is 29.9. The predicted molar refractivity (Wildman–Crippen MR) is 213 cm³/mol. The summed E-state index contributed by atoms with van der Waals surface area (Å²) in [5.74, 6) is 2.68. The van der Waals surface area contributed by atoms with Gasteiger partial charge in [0.25, 0.3) is 0 Å². The lowest BCUT2D eigenvalue weighted by molar-refractivity contribution is 0.577. The lowest BCUT2D eigenvalue weighted by Gasteiger charge is -2.29. The molecule has 5 aliphatic heterocycles. The molecule has 2 bridgehead atoms. The number of anilines is 6. The van der Waals surface area contributed by atoms with Crippen molar-refractivity contribution in [2.24, 2.45) is 25.9 Å². The molecule has 1 atom stereocenters. The maximum atomic E-state index is 5.88. The van der Waals surface area contributed by atoms with Crippen LogP contribution < -0.4 is 20.4 Å². The van der Waals surface area contributed by atoms with Crippen molar-refractivity contribution >= 4 is 63.9 Å². The Morgan fingerprint density at radius 2 is 1.25 bits per heavy atom. The van der Waals surface area contributed by atoms with Crippen LogP contribution in [0.25, 0.3) is 5.70 Å². The zero-order chi connectivity index (χ0) is 35.0. The van der Waals surface area contributed by atoms with Crippen molar-refractivity contribution in [2.75, 3.05) is 46.6 Å². The van der Waals surface area contributed by atoms with Crippen LogP contribution in [0.15, 0.2) is 108 Å². The van der Waals surface area contributed by atoms with E-state index in [1.54, 1.807) is 18.9 Å². The monoisotopic (exact) mass is 692 g/mol. The molecule has 2 fully saturated rings. The average Bonchev–Trinajstić information content (AvgIpc) is 3.66. The largest absolute Gasteiger partial charge is 0.448 e. The Morgan fingerprint density at radius 3 is 1.85 bits per heavy atom. The fourth-order valence-corrected chi connectivity index (χ4v) is 7.85. The topological polar surface area (TPSA) is 106 Å². The van der Waals surface area contributed by atoms with Gasteiger partial charge in [-0.25, -0.2) is 20.0 Å². The van der Waals surface area contributed by atoms with E-state index in [9.17, 15) is 0 Å². The second-order valence-corrected chi connectivity index (χ2v) is 14.5. The first-order valence-electron chi connectivity index (χ1n) is 18.7. The summed E-state index contributed by atoms with van der Waals surface area (Å²) < 4.78 is 11.8. The maximum Gasteiger partial charge on any atom is 0.197 e. The van der Waals surface area contributed by atoms with Gasteiger partial charge in [-0.1, -0.05) is 0 Å². The molecular formula is C42H44N8O2. The van der Waals surface area contributed by atoms with Crippen molar-refractivity contribution in [3.8, 4) is 0 Å². The molecule has 2 aromatic carbocycles. The normalized spacial score (nSPS) is 19.9. The molecular weight excluding hydrogens is 649 g/mol. The summed E-state index contributed by atoms with van der Waals surface area (Å²) in [5.41, 5.74) is 11.2. The number of aliphatic imine (C=N–C) groups is 4. The Bertz CT molecular complexity index is 2080. The van der Waals surface area contributed by atoms with Crippen LogP contribution in [0.5, 0.6) is 0 Å². The smallest absolute Gasteiger partial charge is 0.197 e. The van der Waals surface area contributed by atoms with Gasteiger partial charge in [0.2, 0.25) is 0 Å². The summed E-state index contributed by atoms with van der Waals surface area (Å²) in [6, 6.07) is 17.3. The molecule has 4 aromatic rings. The van der Waals surface area contributed by atoms with Crippen LogP contribution in [0.4, 0.5) is 34.5 Å². The lowest BCUT2D eigenvalue weighted by Crippen LogP contribution is -2.29. The standard InChI is InChI=1S/C42H44N8O2/c1-27-17-39(51-24-27)45-37-22-30(49-13-5-3-6-14-49)9-11-32(37)35-20-29-19-34-41(47-35)43-26-44-42(34)48-36(21-29)33-12-10-31(50-15-7-4-8-16-50)23-38(33)46-40-18-28(2)25-52-40/h9-12,17-18,20-26,34,45-46H,3-8,13-16,19H2,1-2H3. The summed E-state index contributed by atoms with van der Waals surface area (Å²) >= 11 is 0. The fourth-order valence-electron chi connectivity index (χ4n) is 7.85. The molecule has 2 saturated heterocycles. The van der Waals surface area contributed by atoms with E-state index in [1.807, 2.05) is 26.0 Å². The van der Waals surface area contributed by atoms with Crippen molar-refractivity contribution in [3.63, 3.8) is 0 Å². The van der Waals surface area contributed by atoms with Gasteiger partial charge < -0.3 is 29.3 Å². The molecule has 1 unspecified atom stereocenters.